The summed E-state index contributed by atoms with van der Waals surface area (Å²) >= 11 is 12.6. The van der Waals surface area contributed by atoms with E-state index >= 15 is 0 Å². The van der Waals surface area contributed by atoms with Gasteiger partial charge in [-0.25, -0.2) is 4.98 Å². The van der Waals surface area contributed by atoms with Crippen molar-refractivity contribution in [2.24, 2.45) is 5.92 Å². The summed E-state index contributed by atoms with van der Waals surface area (Å²) in [4.78, 5) is 8.12. The number of ether oxygens (including phenoxy) is 1. The van der Waals surface area contributed by atoms with Crippen LogP contribution in [-0.2, 0) is 0 Å². The molecule has 1 fully saturated rings. The Balaban J connectivity index is 1.39. The number of halogens is 2. The Labute approximate surface area is 188 Å². The molecular formula is C24H27Cl2N3O. The predicted octanol–water partition coefficient (Wildman–Crippen LogP) is 6.52. The summed E-state index contributed by atoms with van der Waals surface area (Å²) in [5, 5.41) is 4.75. The number of hydrogen-bond acceptors (Lipinski definition) is 3. The Morgan fingerprint density at radius 2 is 1.83 bits per heavy atom. The van der Waals surface area contributed by atoms with Crippen molar-refractivity contribution < 1.29 is 4.74 Å². The third kappa shape index (κ3) is 5.18. The largest absolute Gasteiger partial charge is 0.494 e. The van der Waals surface area contributed by atoms with Crippen LogP contribution in [0.2, 0.25) is 10.0 Å². The summed E-state index contributed by atoms with van der Waals surface area (Å²) in [6.07, 6.45) is 4.86. The van der Waals surface area contributed by atoms with Crippen LogP contribution in [0.5, 0.6) is 5.75 Å². The van der Waals surface area contributed by atoms with E-state index in [1.54, 1.807) is 0 Å². The molecule has 0 bridgehead atoms. The van der Waals surface area contributed by atoms with Gasteiger partial charge in [-0.1, -0.05) is 35.3 Å². The van der Waals surface area contributed by atoms with Crippen LogP contribution in [0.25, 0.3) is 22.6 Å². The van der Waals surface area contributed by atoms with Crippen LogP contribution in [0.1, 0.15) is 31.4 Å². The van der Waals surface area contributed by atoms with Crippen molar-refractivity contribution in [2.75, 3.05) is 19.7 Å². The number of nitrogens with one attached hydrogen (secondary N) is 2. The minimum absolute atomic E-state index is 0.627. The fraction of sp³-hybridized carbons (Fsp3) is 0.375. The van der Waals surface area contributed by atoms with Gasteiger partial charge in [0.05, 0.1) is 17.3 Å². The number of piperidine rings is 1. The number of imidazole rings is 1. The fourth-order valence-corrected chi connectivity index (χ4v) is 4.37. The van der Waals surface area contributed by atoms with Gasteiger partial charge in [0.2, 0.25) is 0 Å². The van der Waals surface area contributed by atoms with Crippen molar-refractivity contribution in [1.29, 1.82) is 0 Å². The maximum absolute atomic E-state index is 6.56. The van der Waals surface area contributed by atoms with E-state index in [4.69, 9.17) is 32.9 Å². The molecule has 2 heterocycles. The second kappa shape index (κ2) is 9.86. The summed E-state index contributed by atoms with van der Waals surface area (Å²) in [6.45, 7) is 5.03. The van der Waals surface area contributed by atoms with Crippen molar-refractivity contribution in [3.8, 4) is 28.4 Å². The molecule has 1 aliphatic heterocycles. The second-order valence-electron chi connectivity index (χ2n) is 7.89. The molecule has 4 nitrogen and oxygen atoms in total. The highest BCUT2D eigenvalue weighted by Gasteiger charge is 2.14. The molecule has 2 N–H and O–H groups in total. The van der Waals surface area contributed by atoms with E-state index in [1.165, 1.54) is 19.3 Å². The van der Waals surface area contributed by atoms with Gasteiger partial charge in [0.1, 0.15) is 11.6 Å². The number of H-pyrrole nitrogens is 1. The zero-order valence-corrected chi connectivity index (χ0v) is 18.7. The first-order chi connectivity index (χ1) is 14.6. The van der Waals surface area contributed by atoms with Gasteiger partial charge >= 0.3 is 0 Å². The Bertz CT molecular complexity index is 979. The SMILES string of the molecule is Cc1[nH]c(-c2ccc(OCCCC3CCNCC3)cc2Cl)nc1-c1ccc(Cl)cc1. The molecule has 3 aromatic rings. The minimum atomic E-state index is 0.627. The minimum Gasteiger partial charge on any atom is -0.494 e. The highest BCUT2D eigenvalue weighted by molar-refractivity contribution is 6.33. The maximum Gasteiger partial charge on any atom is 0.139 e. The van der Waals surface area contributed by atoms with Crippen LogP contribution in [0.3, 0.4) is 0 Å². The maximum atomic E-state index is 6.56. The Morgan fingerprint density at radius 1 is 1.07 bits per heavy atom. The lowest BCUT2D eigenvalue weighted by Crippen LogP contribution is -2.27. The number of aromatic amines is 1. The van der Waals surface area contributed by atoms with Gasteiger partial charge in [-0.05, 0) is 81.9 Å². The lowest BCUT2D eigenvalue weighted by Gasteiger charge is -2.22. The van der Waals surface area contributed by atoms with Crippen molar-refractivity contribution in [3.63, 3.8) is 0 Å². The monoisotopic (exact) mass is 443 g/mol. The summed E-state index contributed by atoms with van der Waals surface area (Å²) in [6, 6.07) is 13.5. The zero-order valence-electron chi connectivity index (χ0n) is 17.2. The van der Waals surface area contributed by atoms with E-state index in [0.717, 1.165) is 66.1 Å². The quantitative estimate of drug-likeness (QED) is 0.408. The summed E-state index contributed by atoms with van der Waals surface area (Å²) in [5.74, 6) is 2.38. The van der Waals surface area contributed by atoms with E-state index < -0.39 is 0 Å². The van der Waals surface area contributed by atoms with Gasteiger partial charge in [0.15, 0.2) is 0 Å². The number of aromatic nitrogens is 2. The predicted molar refractivity (Wildman–Crippen MR) is 125 cm³/mol. The Morgan fingerprint density at radius 3 is 2.57 bits per heavy atom. The molecule has 6 heteroatoms. The van der Waals surface area contributed by atoms with Crippen LogP contribution >= 0.6 is 23.2 Å². The first kappa shape index (κ1) is 21.2. The van der Waals surface area contributed by atoms with Crippen molar-refractivity contribution in [1.82, 2.24) is 15.3 Å². The lowest BCUT2D eigenvalue weighted by atomic mass is 9.93. The Hall–Kier alpha value is -2.01. The topological polar surface area (TPSA) is 49.9 Å². The normalized spacial score (nSPS) is 14.8. The van der Waals surface area contributed by atoms with Crippen LogP contribution in [0, 0.1) is 12.8 Å². The highest BCUT2D eigenvalue weighted by atomic mass is 35.5. The number of hydrogen-bond donors (Lipinski definition) is 2. The van der Waals surface area contributed by atoms with E-state index in [-0.39, 0.29) is 0 Å². The molecular weight excluding hydrogens is 417 g/mol. The van der Waals surface area contributed by atoms with E-state index in [1.807, 2.05) is 49.4 Å². The molecule has 0 spiro atoms. The van der Waals surface area contributed by atoms with Crippen molar-refractivity contribution in [2.45, 2.75) is 32.6 Å². The lowest BCUT2D eigenvalue weighted by molar-refractivity contribution is 0.274. The standard InChI is InChI=1S/C24H27Cl2N3O/c1-16-23(18-4-6-19(25)7-5-18)29-24(28-16)21-9-8-20(15-22(21)26)30-14-2-3-17-10-12-27-13-11-17/h4-9,15,17,27H,2-3,10-14H2,1H3,(H,28,29). The third-order valence-electron chi connectivity index (χ3n) is 5.68. The summed E-state index contributed by atoms with van der Waals surface area (Å²) < 4.78 is 5.94. The van der Waals surface area contributed by atoms with Gasteiger partial charge < -0.3 is 15.0 Å². The molecule has 1 aliphatic rings. The van der Waals surface area contributed by atoms with E-state index in [0.29, 0.717) is 10.0 Å². The summed E-state index contributed by atoms with van der Waals surface area (Å²) in [5.41, 5.74) is 3.77. The smallest absolute Gasteiger partial charge is 0.139 e. The van der Waals surface area contributed by atoms with E-state index in [2.05, 4.69) is 10.3 Å². The zero-order chi connectivity index (χ0) is 20.9. The first-order valence-corrected chi connectivity index (χ1v) is 11.3. The first-order valence-electron chi connectivity index (χ1n) is 10.6. The number of nitrogens with zero attached hydrogens (tertiary/aromatic N) is 1. The van der Waals surface area contributed by atoms with Crippen LogP contribution in [0.15, 0.2) is 42.5 Å². The molecule has 0 amide bonds. The van der Waals surface area contributed by atoms with Gasteiger partial charge in [0.25, 0.3) is 0 Å². The van der Waals surface area contributed by atoms with Crippen LogP contribution in [0.4, 0.5) is 0 Å². The molecule has 2 aromatic carbocycles. The average molecular weight is 444 g/mol. The molecule has 1 saturated heterocycles. The van der Waals surface area contributed by atoms with Gasteiger partial charge in [-0.3, -0.25) is 0 Å². The van der Waals surface area contributed by atoms with Crippen LogP contribution < -0.4 is 10.1 Å². The van der Waals surface area contributed by atoms with Gasteiger partial charge in [0, 0.05) is 21.8 Å². The van der Waals surface area contributed by atoms with Crippen molar-refractivity contribution in [3.05, 3.63) is 58.2 Å². The van der Waals surface area contributed by atoms with E-state index in [9.17, 15) is 0 Å². The van der Waals surface area contributed by atoms with Crippen LogP contribution in [-0.4, -0.2) is 29.7 Å². The van der Waals surface area contributed by atoms with Gasteiger partial charge in [-0.2, -0.15) is 0 Å². The molecule has 1 aromatic heterocycles. The van der Waals surface area contributed by atoms with Gasteiger partial charge in [-0.15, -0.1) is 0 Å². The average Bonchev–Trinajstić information content (AvgIpc) is 3.14. The number of aryl methyl sites for hydroxylation is 1. The molecule has 0 aliphatic carbocycles. The molecule has 0 atom stereocenters. The van der Waals surface area contributed by atoms with Crippen molar-refractivity contribution >= 4 is 23.2 Å². The molecule has 0 radical (unpaired) electrons. The number of rotatable bonds is 7. The second-order valence-corrected chi connectivity index (χ2v) is 8.74. The molecule has 0 unspecified atom stereocenters. The fourth-order valence-electron chi connectivity index (χ4n) is 3.99. The Kier molecular flexibility index (Phi) is 6.98. The molecule has 30 heavy (non-hydrogen) atoms. The summed E-state index contributed by atoms with van der Waals surface area (Å²) in [7, 11) is 0. The molecule has 158 valence electrons. The highest BCUT2D eigenvalue weighted by Crippen LogP contribution is 2.32. The third-order valence-corrected chi connectivity index (χ3v) is 6.25. The molecule has 4 rings (SSSR count). The molecule has 0 saturated carbocycles. The number of benzene rings is 2.